The highest BCUT2D eigenvalue weighted by Crippen LogP contribution is 2.23. The Morgan fingerprint density at radius 1 is 0.800 bits per heavy atom. The summed E-state index contributed by atoms with van der Waals surface area (Å²) in [6.45, 7) is 4.61. The zero-order valence-corrected chi connectivity index (χ0v) is 31.3. The van der Waals surface area contributed by atoms with Crippen molar-refractivity contribution in [3.05, 3.63) is 172 Å². The number of aromatic amines is 1. The Balaban J connectivity index is 1.11. The molecule has 0 atom stereocenters. The molecule has 276 valence electrons. The van der Waals surface area contributed by atoms with Crippen LogP contribution < -0.4 is 15.5 Å². The summed E-state index contributed by atoms with van der Waals surface area (Å²) < 4.78 is 2.00. The zero-order chi connectivity index (χ0) is 38.2. The van der Waals surface area contributed by atoms with Crippen LogP contribution >= 0.6 is 0 Å². The highest BCUT2D eigenvalue weighted by molar-refractivity contribution is 5.94. The first kappa shape index (κ1) is 37.9. The number of imidazole rings is 1. The van der Waals surface area contributed by atoms with Gasteiger partial charge in [-0.25, -0.2) is 4.98 Å². The number of rotatable bonds is 14. The quantitative estimate of drug-likeness (QED) is 0.0882. The summed E-state index contributed by atoms with van der Waals surface area (Å²) in [5.41, 5.74) is 9.17. The molecule has 6 aromatic rings. The van der Waals surface area contributed by atoms with E-state index in [4.69, 9.17) is 0 Å². The van der Waals surface area contributed by atoms with Crippen molar-refractivity contribution in [3.63, 3.8) is 0 Å². The van der Waals surface area contributed by atoms with Crippen molar-refractivity contribution in [2.45, 2.75) is 45.7 Å². The van der Waals surface area contributed by atoms with Crippen LogP contribution in [0, 0.1) is 30.6 Å². The molecule has 2 aromatic heterocycles. The van der Waals surface area contributed by atoms with Gasteiger partial charge in [0.05, 0.1) is 24.6 Å². The fourth-order valence-corrected chi connectivity index (χ4v) is 6.10. The molecule has 0 aliphatic rings. The molecule has 0 saturated heterocycles. The van der Waals surface area contributed by atoms with Crippen molar-refractivity contribution in [3.8, 4) is 23.7 Å². The van der Waals surface area contributed by atoms with Crippen LogP contribution in [0.3, 0.4) is 0 Å². The van der Waals surface area contributed by atoms with E-state index >= 15 is 0 Å². The van der Waals surface area contributed by atoms with Gasteiger partial charge in [-0.15, -0.1) is 0 Å². The molecule has 0 aliphatic heterocycles. The van der Waals surface area contributed by atoms with Crippen molar-refractivity contribution in [2.24, 2.45) is 0 Å². The fourth-order valence-electron chi connectivity index (χ4n) is 6.10. The van der Waals surface area contributed by atoms with Crippen LogP contribution in [0.25, 0.3) is 0 Å². The molecule has 0 unspecified atom stereocenters. The lowest BCUT2D eigenvalue weighted by atomic mass is 10.0. The van der Waals surface area contributed by atoms with Crippen molar-refractivity contribution in [1.82, 2.24) is 30.4 Å². The fraction of sp³-hybridized carbons (Fsp3) is 0.217. The summed E-state index contributed by atoms with van der Waals surface area (Å²) >= 11 is 0. The first-order valence-electron chi connectivity index (χ1n) is 18.5. The number of carbonyl (C=O) groups excluding carboxylic acids is 2. The Hall–Kier alpha value is -6.84. The van der Waals surface area contributed by atoms with Crippen molar-refractivity contribution in [2.75, 3.05) is 25.0 Å². The number of benzene rings is 4. The number of anilines is 1. The van der Waals surface area contributed by atoms with E-state index in [1.54, 1.807) is 18.7 Å². The summed E-state index contributed by atoms with van der Waals surface area (Å²) in [5, 5.41) is 12.8. The Kier molecular flexibility index (Phi) is 13.3. The topological polar surface area (TPSA) is 108 Å². The molecule has 2 heterocycles. The lowest BCUT2D eigenvalue weighted by Gasteiger charge is -2.22. The van der Waals surface area contributed by atoms with Gasteiger partial charge in [-0.2, -0.15) is 5.10 Å². The minimum Gasteiger partial charge on any atom is -0.369 e. The second-order valence-corrected chi connectivity index (χ2v) is 13.5. The van der Waals surface area contributed by atoms with Crippen LogP contribution in [-0.4, -0.2) is 51.7 Å². The van der Waals surface area contributed by atoms with Crippen LogP contribution in [0.15, 0.2) is 122 Å². The van der Waals surface area contributed by atoms with E-state index in [2.05, 4.69) is 66.5 Å². The molecular formula is C46H45N7O2. The number of aryl methyl sites for hydroxylation is 3. The van der Waals surface area contributed by atoms with Crippen LogP contribution in [0.4, 0.5) is 5.69 Å². The van der Waals surface area contributed by atoms with Crippen molar-refractivity contribution >= 4 is 17.5 Å². The summed E-state index contributed by atoms with van der Waals surface area (Å²) in [6.07, 6.45) is 11.9. The van der Waals surface area contributed by atoms with E-state index in [1.807, 2.05) is 110 Å². The maximum absolute atomic E-state index is 12.9. The van der Waals surface area contributed by atoms with E-state index in [-0.39, 0.29) is 18.2 Å². The predicted octanol–water partition coefficient (Wildman–Crippen LogP) is 6.46. The Morgan fingerprint density at radius 3 is 2.44 bits per heavy atom. The van der Waals surface area contributed by atoms with E-state index in [9.17, 15) is 9.59 Å². The second-order valence-electron chi connectivity index (χ2n) is 13.5. The third-order valence-corrected chi connectivity index (χ3v) is 9.10. The second kappa shape index (κ2) is 19.3. The molecule has 0 spiro atoms. The molecule has 9 nitrogen and oxygen atoms in total. The third kappa shape index (κ3) is 11.6. The van der Waals surface area contributed by atoms with E-state index < -0.39 is 0 Å². The molecule has 0 saturated carbocycles. The maximum Gasteiger partial charge on any atom is 0.251 e. The first-order chi connectivity index (χ1) is 26.9. The van der Waals surface area contributed by atoms with Gasteiger partial charge in [0.2, 0.25) is 5.91 Å². The minimum atomic E-state index is -0.109. The molecule has 0 radical (unpaired) electrons. The summed E-state index contributed by atoms with van der Waals surface area (Å²) in [4.78, 5) is 32.0. The van der Waals surface area contributed by atoms with Gasteiger partial charge in [0.1, 0.15) is 0 Å². The predicted molar refractivity (Wildman–Crippen MR) is 217 cm³/mol. The molecule has 0 aliphatic carbocycles. The number of hydrogen-bond acceptors (Lipinski definition) is 5. The first-order valence-corrected chi connectivity index (χ1v) is 18.5. The Morgan fingerprint density at radius 2 is 1.62 bits per heavy atom. The van der Waals surface area contributed by atoms with Gasteiger partial charge < -0.3 is 20.1 Å². The summed E-state index contributed by atoms with van der Waals surface area (Å²) in [6, 6.07) is 29.8. The number of H-pyrrole nitrogens is 1. The van der Waals surface area contributed by atoms with Gasteiger partial charge in [-0.05, 0) is 97.0 Å². The number of nitrogens with zero attached hydrogens (tertiary/aromatic N) is 4. The van der Waals surface area contributed by atoms with Gasteiger partial charge in [0.25, 0.3) is 5.91 Å². The van der Waals surface area contributed by atoms with Gasteiger partial charge in [0, 0.05) is 79.6 Å². The third-order valence-electron chi connectivity index (χ3n) is 9.10. The number of hydrogen-bond donors (Lipinski definition) is 3. The molecule has 0 bridgehead atoms. The van der Waals surface area contributed by atoms with Gasteiger partial charge in [-0.1, -0.05) is 66.1 Å². The van der Waals surface area contributed by atoms with E-state index in [0.29, 0.717) is 25.2 Å². The molecule has 9 heteroatoms. The lowest BCUT2D eigenvalue weighted by Crippen LogP contribution is -2.26. The molecule has 0 fully saturated rings. The molecule has 6 rings (SSSR count). The highest BCUT2D eigenvalue weighted by atomic mass is 16.2. The van der Waals surface area contributed by atoms with E-state index in [0.717, 1.165) is 76.0 Å². The Labute approximate surface area is 323 Å². The van der Waals surface area contributed by atoms with Crippen LogP contribution in [0.5, 0.6) is 0 Å². The van der Waals surface area contributed by atoms with Gasteiger partial charge >= 0.3 is 0 Å². The number of nitrogens with one attached hydrogen (secondary N) is 3. The van der Waals surface area contributed by atoms with Gasteiger partial charge in [0.15, 0.2) is 0 Å². The van der Waals surface area contributed by atoms with Crippen molar-refractivity contribution < 1.29 is 9.59 Å². The SMILES string of the molecule is Cc1ccc(C(=O)NCCCc2cn[nH]c2)cc1C#Cc1cccc(CN(C)c2ccc(CC(=O)NCCCn3ccnc3)cc2C#Cc2ccccc2)c1. The molecular weight excluding hydrogens is 683 g/mol. The Bertz CT molecular complexity index is 2310. The number of aromatic nitrogens is 4. The maximum atomic E-state index is 12.9. The summed E-state index contributed by atoms with van der Waals surface area (Å²) in [7, 11) is 2.05. The smallest absolute Gasteiger partial charge is 0.251 e. The normalized spacial score (nSPS) is 10.4. The van der Waals surface area contributed by atoms with Crippen LogP contribution in [0.2, 0.25) is 0 Å². The van der Waals surface area contributed by atoms with Gasteiger partial charge in [-0.3, -0.25) is 14.7 Å². The number of carbonyl (C=O) groups is 2. The minimum absolute atomic E-state index is 0.0193. The standard InChI is InChI=1S/C46H45N7O2/c1-35-14-18-43(46(55)49-22-7-13-40-31-50-51-32-40)30-41(35)19-16-37-11-6-12-39(27-37)33-52(2)44-21-17-38(28-42(44)20-15-36-9-4-3-5-10-36)29-45(54)48-23-8-25-53-26-24-47-34-53/h3-6,9-12,14,17-18,21,24,26-28,30-32,34H,7-8,13,22-23,25,29,33H2,1-2H3,(H,48,54)(H,49,55)(H,50,51). The average Bonchev–Trinajstić information content (AvgIpc) is 3.93. The van der Waals surface area contributed by atoms with Crippen LogP contribution in [-0.2, 0) is 30.7 Å². The molecule has 55 heavy (non-hydrogen) atoms. The summed E-state index contributed by atoms with van der Waals surface area (Å²) in [5.74, 6) is 13.2. The number of amides is 2. The molecule has 4 aromatic carbocycles. The zero-order valence-electron chi connectivity index (χ0n) is 31.3. The average molecular weight is 728 g/mol. The lowest BCUT2D eigenvalue weighted by molar-refractivity contribution is -0.120. The van der Waals surface area contributed by atoms with E-state index in [1.165, 1.54) is 0 Å². The molecule has 2 amide bonds. The largest absolute Gasteiger partial charge is 0.369 e. The molecule has 3 N–H and O–H groups in total. The van der Waals surface area contributed by atoms with Crippen molar-refractivity contribution in [1.29, 1.82) is 0 Å². The highest BCUT2D eigenvalue weighted by Gasteiger charge is 2.12. The van der Waals surface area contributed by atoms with Crippen LogP contribution in [0.1, 0.15) is 67.7 Å². The monoisotopic (exact) mass is 727 g/mol.